The summed E-state index contributed by atoms with van der Waals surface area (Å²) in [6.45, 7) is 6.73. The number of hydrogen-bond donors (Lipinski definition) is 1. The summed E-state index contributed by atoms with van der Waals surface area (Å²) in [6, 6.07) is 19.4. The molecule has 0 bridgehead atoms. The predicted molar refractivity (Wildman–Crippen MR) is 94.6 cm³/mol. The topological polar surface area (TPSA) is 46.3 Å². The summed E-state index contributed by atoms with van der Waals surface area (Å²) in [6.07, 6.45) is 1.75. The van der Waals surface area contributed by atoms with Crippen LogP contribution in [0, 0.1) is 5.92 Å². The Morgan fingerprint density at radius 3 is 2.26 bits per heavy atom. The summed E-state index contributed by atoms with van der Waals surface area (Å²) in [4.78, 5) is 14.7. The Kier molecular flexibility index (Phi) is 6.12. The molecule has 120 valence electrons. The molecule has 0 fully saturated rings. The normalized spacial score (nSPS) is 13.1. The van der Waals surface area contributed by atoms with Gasteiger partial charge in [-0.15, -0.1) is 6.58 Å². The lowest BCUT2D eigenvalue weighted by molar-refractivity contribution is -0.135. The van der Waals surface area contributed by atoms with Crippen LogP contribution in [0.3, 0.4) is 0 Å². The summed E-state index contributed by atoms with van der Waals surface area (Å²) >= 11 is 0. The van der Waals surface area contributed by atoms with Crippen LogP contribution in [0.15, 0.2) is 73.3 Å². The van der Waals surface area contributed by atoms with Crippen LogP contribution in [-0.4, -0.2) is 17.4 Å². The highest BCUT2D eigenvalue weighted by molar-refractivity contribution is 5.79. The number of carbonyl (C=O) groups is 1. The first-order valence-corrected chi connectivity index (χ1v) is 7.87. The molecule has 2 N–H and O–H groups in total. The summed E-state index contributed by atoms with van der Waals surface area (Å²) in [7, 11) is 0. The minimum atomic E-state index is -0.313. The second kappa shape index (κ2) is 8.30. The second-order valence-corrected chi connectivity index (χ2v) is 5.72. The molecule has 1 amide bonds. The molecule has 2 rings (SSSR count). The van der Waals surface area contributed by atoms with Crippen molar-refractivity contribution in [1.82, 2.24) is 4.90 Å². The van der Waals surface area contributed by atoms with Gasteiger partial charge in [-0.1, -0.05) is 73.7 Å². The second-order valence-electron chi connectivity index (χ2n) is 5.72. The number of rotatable bonds is 7. The standard InChI is InChI=1S/C20H24N2O/c1-3-14-22(15-17-10-6-4-7-11-17)20(23)16(2)19(21)18-12-8-5-9-13-18/h3-13,16,19H,1,14-15,21H2,2H3. The molecular formula is C20H24N2O. The van der Waals surface area contributed by atoms with E-state index < -0.39 is 0 Å². The molecule has 0 aliphatic carbocycles. The Bertz CT molecular complexity index is 625. The molecule has 3 heteroatoms. The highest BCUT2D eigenvalue weighted by Crippen LogP contribution is 2.22. The first kappa shape index (κ1) is 17.0. The van der Waals surface area contributed by atoms with Gasteiger partial charge in [0.05, 0.1) is 5.92 Å². The van der Waals surface area contributed by atoms with Crippen LogP contribution in [0.25, 0.3) is 0 Å². The third-order valence-electron chi connectivity index (χ3n) is 3.99. The molecule has 0 aliphatic rings. The fourth-order valence-corrected chi connectivity index (χ4v) is 2.60. The molecule has 0 saturated carbocycles. The molecule has 23 heavy (non-hydrogen) atoms. The predicted octanol–water partition coefficient (Wildman–Crippen LogP) is 3.54. The van der Waals surface area contributed by atoms with E-state index in [1.165, 1.54) is 0 Å². The van der Waals surface area contributed by atoms with Crippen LogP contribution in [0.2, 0.25) is 0 Å². The maximum Gasteiger partial charge on any atom is 0.227 e. The highest BCUT2D eigenvalue weighted by atomic mass is 16.2. The number of nitrogens with zero attached hydrogens (tertiary/aromatic N) is 1. The van der Waals surface area contributed by atoms with Crippen molar-refractivity contribution in [2.75, 3.05) is 6.54 Å². The van der Waals surface area contributed by atoms with Crippen LogP contribution in [0.1, 0.15) is 24.1 Å². The van der Waals surface area contributed by atoms with Crippen molar-refractivity contribution in [3.63, 3.8) is 0 Å². The van der Waals surface area contributed by atoms with Crippen LogP contribution < -0.4 is 5.73 Å². The maximum absolute atomic E-state index is 12.9. The van der Waals surface area contributed by atoms with Crippen molar-refractivity contribution in [3.8, 4) is 0 Å². The first-order chi connectivity index (χ1) is 11.1. The fraction of sp³-hybridized carbons (Fsp3) is 0.250. The van der Waals surface area contributed by atoms with Gasteiger partial charge in [0.2, 0.25) is 5.91 Å². The van der Waals surface area contributed by atoms with Gasteiger partial charge in [0.15, 0.2) is 0 Å². The fourth-order valence-electron chi connectivity index (χ4n) is 2.60. The van der Waals surface area contributed by atoms with Crippen molar-refractivity contribution >= 4 is 5.91 Å². The third-order valence-corrected chi connectivity index (χ3v) is 3.99. The van der Waals surface area contributed by atoms with Crippen molar-refractivity contribution in [2.24, 2.45) is 11.7 Å². The van der Waals surface area contributed by atoms with Gasteiger partial charge < -0.3 is 10.6 Å². The average molecular weight is 308 g/mol. The molecule has 0 heterocycles. The van der Waals surface area contributed by atoms with Gasteiger partial charge in [-0.3, -0.25) is 4.79 Å². The smallest absolute Gasteiger partial charge is 0.227 e. The Labute approximate surface area is 138 Å². The van der Waals surface area contributed by atoms with E-state index in [-0.39, 0.29) is 17.9 Å². The van der Waals surface area contributed by atoms with E-state index in [2.05, 4.69) is 6.58 Å². The molecule has 0 saturated heterocycles. The van der Waals surface area contributed by atoms with Crippen LogP contribution >= 0.6 is 0 Å². The van der Waals surface area contributed by atoms with Crippen LogP contribution in [0.5, 0.6) is 0 Å². The maximum atomic E-state index is 12.9. The number of amides is 1. The zero-order valence-corrected chi connectivity index (χ0v) is 13.6. The summed E-state index contributed by atoms with van der Waals surface area (Å²) in [5.74, 6) is -0.244. The molecule has 2 atom stereocenters. The Morgan fingerprint density at radius 2 is 1.70 bits per heavy atom. The lowest BCUT2D eigenvalue weighted by atomic mass is 9.94. The molecule has 2 unspecified atom stereocenters. The monoisotopic (exact) mass is 308 g/mol. The van der Waals surface area contributed by atoms with E-state index in [4.69, 9.17) is 5.73 Å². The molecule has 0 aromatic heterocycles. The van der Waals surface area contributed by atoms with Crippen LogP contribution in [0.4, 0.5) is 0 Å². The van der Waals surface area contributed by atoms with Crippen molar-refractivity contribution < 1.29 is 4.79 Å². The molecule has 2 aromatic rings. The van der Waals surface area contributed by atoms with Gasteiger partial charge in [-0.05, 0) is 11.1 Å². The zero-order valence-electron chi connectivity index (χ0n) is 13.6. The van der Waals surface area contributed by atoms with Gasteiger partial charge >= 0.3 is 0 Å². The Morgan fingerprint density at radius 1 is 1.13 bits per heavy atom. The zero-order chi connectivity index (χ0) is 16.7. The molecular weight excluding hydrogens is 284 g/mol. The van der Waals surface area contributed by atoms with E-state index in [0.717, 1.165) is 11.1 Å². The summed E-state index contributed by atoms with van der Waals surface area (Å²) < 4.78 is 0. The van der Waals surface area contributed by atoms with E-state index in [0.29, 0.717) is 13.1 Å². The van der Waals surface area contributed by atoms with E-state index in [9.17, 15) is 4.79 Å². The number of nitrogens with two attached hydrogens (primary N) is 1. The highest BCUT2D eigenvalue weighted by Gasteiger charge is 2.26. The average Bonchev–Trinajstić information content (AvgIpc) is 2.61. The minimum Gasteiger partial charge on any atom is -0.334 e. The van der Waals surface area contributed by atoms with Gasteiger partial charge in [0.1, 0.15) is 0 Å². The SMILES string of the molecule is C=CCN(Cc1ccccc1)C(=O)C(C)C(N)c1ccccc1. The van der Waals surface area contributed by atoms with E-state index in [1.54, 1.807) is 11.0 Å². The molecule has 0 radical (unpaired) electrons. The molecule has 3 nitrogen and oxygen atoms in total. The quantitative estimate of drug-likeness (QED) is 0.795. The van der Waals surface area contributed by atoms with Gasteiger partial charge in [-0.2, -0.15) is 0 Å². The largest absolute Gasteiger partial charge is 0.334 e. The Hall–Kier alpha value is -2.39. The molecule has 0 aliphatic heterocycles. The van der Waals surface area contributed by atoms with Crippen molar-refractivity contribution in [2.45, 2.75) is 19.5 Å². The van der Waals surface area contributed by atoms with Gasteiger partial charge in [-0.25, -0.2) is 0 Å². The molecule has 0 spiro atoms. The third kappa shape index (κ3) is 4.54. The van der Waals surface area contributed by atoms with E-state index >= 15 is 0 Å². The lowest BCUT2D eigenvalue weighted by Gasteiger charge is -2.28. The van der Waals surface area contributed by atoms with Crippen molar-refractivity contribution in [3.05, 3.63) is 84.4 Å². The molecule has 2 aromatic carbocycles. The summed E-state index contributed by atoms with van der Waals surface area (Å²) in [5.41, 5.74) is 8.37. The number of carbonyl (C=O) groups excluding carboxylic acids is 1. The number of hydrogen-bond acceptors (Lipinski definition) is 2. The summed E-state index contributed by atoms with van der Waals surface area (Å²) in [5, 5.41) is 0. The lowest BCUT2D eigenvalue weighted by Crippen LogP contribution is -2.39. The van der Waals surface area contributed by atoms with Crippen LogP contribution in [-0.2, 0) is 11.3 Å². The van der Waals surface area contributed by atoms with E-state index in [1.807, 2.05) is 67.6 Å². The minimum absolute atomic E-state index is 0.0464. The van der Waals surface area contributed by atoms with Gasteiger partial charge in [0, 0.05) is 19.1 Å². The van der Waals surface area contributed by atoms with Gasteiger partial charge in [0.25, 0.3) is 0 Å². The number of benzene rings is 2. The van der Waals surface area contributed by atoms with Crippen molar-refractivity contribution in [1.29, 1.82) is 0 Å². The first-order valence-electron chi connectivity index (χ1n) is 7.87. The Balaban J connectivity index is 2.11.